The van der Waals surface area contributed by atoms with E-state index >= 15 is 0 Å². The Morgan fingerprint density at radius 1 is 1.48 bits per heavy atom. The summed E-state index contributed by atoms with van der Waals surface area (Å²) in [5.74, 6) is 0.897. The Balaban J connectivity index is 0.00000400. The molecule has 0 amide bonds. The number of nitrogens with one attached hydrogen (secondary N) is 2. The number of guanidine groups is 1. The highest BCUT2D eigenvalue weighted by atomic mass is 127. The Morgan fingerprint density at radius 3 is 2.71 bits per heavy atom. The molecule has 1 aromatic rings. The lowest BCUT2D eigenvalue weighted by molar-refractivity contribution is 0.581. The maximum absolute atomic E-state index is 11.1. The monoisotopic (exact) mass is 445 g/mol. The van der Waals surface area contributed by atoms with E-state index in [1.165, 1.54) is 11.8 Å². The number of thiophene rings is 1. The Bertz CT molecular complexity index is 516. The minimum absolute atomic E-state index is 0. The first-order chi connectivity index (χ1) is 9.40. The van der Waals surface area contributed by atoms with E-state index in [4.69, 9.17) is 0 Å². The summed E-state index contributed by atoms with van der Waals surface area (Å²) in [5, 5.41) is 10.6. The molecule has 0 saturated heterocycles. The van der Waals surface area contributed by atoms with E-state index in [2.05, 4.69) is 32.5 Å². The molecule has 1 rings (SSSR count). The van der Waals surface area contributed by atoms with Crippen molar-refractivity contribution in [2.45, 2.75) is 25.8 Å². The van der Waals surface area contributed by atoms with Crippen molar-refractivity contribution in [3.05, 3.63) is 22.4 Å². The number of hydrogen-bond donors (Lipinski definition) is 2. The summed E-state index contributed by atoms with van der Waals surface area (Å²) >= 11 is 1.69. The Kier molecular flexibility index (Phi) is 10.2. The van der Waals surface area contributed by atoms with Crippen LogP contribution < -0.4 is 10.6 Å². The fraction of sp³-hybridized carbons (Fsp3) is 0.615. The summed E-state index contributed by atoms with van der Waals surface area (Å²) < 4.78 is 22.2. The van der Waals surface area contributed by atoms with Crippen LogP contribution in [0.5, 0.6) is 0 Å². The Morgan fingerprint density at radius 2 is 2.19 bits per heavy atom. The molecule has 0 aliphatic heterocycles. The summed E-state index contributed by atoms with van der Waals surface area (Å²) in [6.07, 6.45) is 2.78. The van der Waals surface area contributed by atoms with Gasteiger partial charge in [0.2, 0.25) is 0 Å². The molecule has 1 aromatic heterocycles. The summed E-state index contributed by atoms with van der Waals surface area (Å²) in [5.41, 5.74) is 1.31. The predicted molar refractivity (Wildman–Crippen MR) is 102 cm³/mol. The minimum atomic E-state index is -2.91. The molecule has 0 fully saturated rings. The first-order valence-electron chi connectivity index (χ1n) is 6.56. The van der Waals surface area contributed by atoms with E-state index in [1.54, 1.807) is 18.4 Å². The van der Waals surface area contributed by atoms with Crippen molar-refractivity contribution >= 4 is 51.1 Å². The molecule has 21 heavy (non-hydrogen) atoms. The van der Waals surface area contributed by atoms with Gasteiger partial charge in [-0.05, 0) is 42.2 Å². The van der Waals surface area contributed by atoms with Gasteiger partial charge in [-0.15, -0.1) is 24.0 Å². The number of sulfone groups is 1. The van der Waals surface area contributed by atoms with Gasteiger partial charge in [0.25, 0.3) is 0 Å². The second-order valence-corrected chi connectivity index (χ2v) is 7.88. The molecule has 0 aliphatic rings. The van der Waals surface area contributed by atoms with E-state index in [0.29, 0.717) is 12.4 Å². The van der Waals surface area contributed by atoms with Crippen molar-refractivity contribution in [1.29, 1.82) is 0 Å². The molecule has 122 valence electrons. The van der Waals surface area contributed by atoms with Gasteiger partial charge in [-0.2, -0.15) is 11.3 Å². The molecule has 0 saturated carbocycles. The molecule has 5 nitrogen and oxygen atoms in total. The third kappa shape index (κ3) is 10.1. The van der Waals surface area contributed by atoms with Crippen molar-refractivity contribution in [3.8, 4) is 0 Å². The molecule has 0 aliphatic carbocycles. The van der Waals surface area contributed by atoms with Gasteiger partial charge in [-0.3, -0.25) is 4.99 Å². The zero-order valence-electron chi connectivity index (χ0n) is 12.6. The van der Waals surface area contributed by atoms with Crippen LogP contribution in [-0.2, 0) is 16.3 Å². The van der Waals surface area contributed by atoms with Crippen molar-refractivity contribution in [1.82, 2.24) is 10.6 Å². The van der Waals surface area contributed by atoms with E-state index in [-0.39, 0.29) is 35.8 Å². The van der Waals surface area contributed by atoms with Crippen LogP contribution in [0.3, 0.4) is 0 Å². The Hall–Kier alpha value is -0.350. The van der Waals surface area contributed by atoms with Gasteiger partial charge < -0.3 is 10.6 Å². The van der Waals surface area contributed by atoms with E-state index < -0.39 is 9.84 Å². The van der Waals surface area contributed by atoms with Crippen LogP contribution >= 0.6 is 35.3 Å². The molecule has 0 spiro atoms. The van der Waals surface area contributed by atoms with Crippen LogP contribution in [-0.4, -0.2) is 46.0 Å². The summed E-state index contributed by atoms with van der Waals surface area (Å²) in [6.45, 7) is 2.76. The summed E-state index contributed by atoms with van der Waals surface area (Å²) in [7, 11) is -1.20. The molecule has 2 N–H and O–H groups in total. The Labute approximate surface area is 148 Å². The fourth-order valence-corrected chi connectivity index (χ4v) is 3.14. The smallest absolute Gasteiger partial charge is 0.191 e. The highest BCUT2D eigenvalue weighted by molar-refractivity contribution is 14.0. The highest BCUT2D eigenvalue weighted by Crippen LogP contribution is 2.05. The molecular formula is C13H24IN3O2S2. The van der Waals surface area contributed by atoms with Crippen molar-refractivity contribution < 1.29 is 8.42 Å². The van der Waals surface area contributed by atoms with Crippen molar-refractivity contribution in [2.24, 2.45) is 4.99 Å². The quantitative estimate of drug-likeness (QED) is 0.382. The average molecular weight is 445 g/mol. The van der Waals surface area contributed by atoms with Crippen LogP contribution in [0.1, 0.15) is 18.9 Å². The first-order valence-corrected chi connectivity index (χ1v) is 9.57. The third-order valence-corrected chi connectivity index (χ3v) is 4.52. The zero-order chi connectivity index (χ0) is 15.0. The van der Waals surface area contributed by atoms with Gasteiger partial charge in [0.1, 0.15) is 9.84 Å². The van der Waals surface area contributed by atoms with Crippen LogP contribution in [0.25, 0.3) is 0 Å². The lowest BCUT2D eigenvalue weighted by Gasteiger charge is -2.17. The molecular weight excluding hydrogens is 421 g/mol. The molecule has 0 radical (unpaired) electrons. The number of rotatable bonds is 7. The van der Waals surface area contributed by atoms with Gasteiger partial charge in [0.15, 0.2) is 5.96 Å². The average Bonchev–Trinajstić information content (AvgIpc) is 2.87. The number of hydrogen-bond acceptors (Lipinski definition) is 4. The van der Waals surface area contributed by atoms with E-state index in [1.807, 2.05) is 6.92 Å². The standard InChI is InChI=1S/C13H23N3O2S2.HI/c1-11(6-9-20(3,17)18)16-13(14-2)15-7-4-12-5-8-19-10-12;/h5,8,10-11H,4,6-7,9H2,1-3H3,(H2,14,15,16);1H. The minimum Gasteiger partial charge on any atom is -0.356 e. The van der Waals surface area contributed by atoms with Crippen molar-refractivity contribution in [3.63, 3.8) is 0 Å². The predicted octanol–water partition coefficient (Wildman–Crippen LogP) is 1.90. The van der Waals surface area contributed by atoms with Gasteiger partial charge in [0, 0.05) is 25.9 Å². The maximum Gasteiger partial charge on any atom is 0.191 e. The molecule has 1 heterocycles. The third-order valence-electron chi connectivity index (χ3n) is 2.81. The van der Waals surface area contributed by atoms with Crippen LogP contribution in [0.4, 0.5) is 0 Å². The lowest BCUT2D eigenvalue weighted by Crippen LogP contribution is -2.43. The molecule has 0 aromatic carbocycles. The first kappa shape index (κ1) is 20.6. The van der Waals surface area contributed by atoms with Gasteiger partial charge in [-0.25, -0.2) is 8.42 Å². The van der Waals surface area contributed by atoms with Crippen LogP contribution in [0.15, 0.2) is 21.8 Å². The molecule has 1 unspecified atom stereocenters. The number of aliphatic imine (C=N–C) groups is 1. The SMILES string of the molecule is CN=C(NCCc1ccsc1)NC(C)CCS(C)(=O)=O.I. The molecule has 8 heteroatoms. The normalized spacial score (nSPS) is 13.4. The molecule has 0 bridgehead atoms. The maximum atomic E-state index is 11.1. The second kappa shape index (κ2) is 10.4. The summed E-state index contributed by atoms with van der Waals surface area (Å²) in [4.78, 5) is 4.14. The topological polar surface area (TPSA) is 70.6 Å². The zero-order valence-corrected chi connectivity index (χ0v) is 16.6. The van der Waals surface area contributed by atoms with Gasteiger partial charge in [-0.1, -0.05) is 0 Å². The van der Waals surface area contributed by atoms with E-state index in [9.17, 15) is 8.42 Å². The second-order valence-electron chi connectivity index (χ2n) is 4.84. The number of nitrogens with zero attached hydrogens (tertiary/aromatic N) is 1. The van der Waals surface area contributed by atoms with Crippen LogP contribution in [0, 0.1) is 0 Å². The molecule has 1 atom stereocenters. The van der Waals surface area contributed by atoms with E-state index in [0.717, 1.165) is 13.0 Å². The lowest BCUT2D eigenvalue weighted by atomic mass is 10.2. The van der Waals surface area contributed by atoms with Gasteiger partial charge in [0.05, 0.1) is 5.75 Å². The fourth-order valence-electron chi connectivity index (χ4n) is 1.65. The highest BCUT2D eigenvalue weighted by Gasteiger charge is 2.09. The van der Waals surface area contributed by atoms with Gasteiger partial charge >= 0.3 is 0 Å². The number of halogens is 1. The van der Waals surface area contributed by atoms with Crippen molar-refractivity contribution in [2.75, 3.05) is 25.6 Å². The summed E-state index contributed by atoms with van der Waals surface area (Å²) in [6, 6.07) is 2.18. The van der Waals surface area contributed by atoms with Crippen LogP contribution in [0.2, 0.25) is 0 Å². The largest absolute Gasteiger partial charge is 0.356 e.